The maximum Gasteiger partial charge on any atom is 0.158 e. The lowest BCUT2D eigenvalue weighted by atomic mass is 10.3. The molecule has 1 atom stereocenters. The lowest BCUT2D eigenvalue weighted by Gasteiger charge is -2.30. The van der Waals surface area contributed by atoms with E-state index in [1.54, 1.807) is 6.33 Å². The molecule has 1 fully saturated rings. The molecule has 1 aromatic rings. The maximum atomic E-state index is 9.01. The van der Waals surface area contributed by atoms with E-state index in [9.17, 15) is 0 Å². The fraction of sp³-hybridized carbons (Fsp3) is 0.778. The van der Waals surface area contributed by atoms with E-state index in [1.165, 1.54) is 0 Å². The number of rotatable bonds is 3. The van der Waals surface area contributed by atoms with Gasteiger partial charge in [0.2, 0.25) is 0 Å². The average Bonchev–Trinajstić information content (AvgIpc) is 2.65. The summed E-state index contributed by atoms with van der Waals surface area (Å²) in [6.45, 7) is 3.27. The van der Waals surface area contributed by atoms with Gasteiger partial charge in [0.15, 0.2) is 5.82 Å². The van der Waals surface area contributed by atoms with Crippen molar-refractivity contribution < 1.29 is 9.84 Å². The Hall–Kier alpha value is -0.980. The molecule has 2 rings (SSSR count). The van der Waals surface area contributed by atoms with Gasteiger partial charge in [-0.15, -0.1) is 10.2 Å². The average molecular weight is 212 g/mol. The molecule has 1 aliphatic heterocycles. The van der Waals surface area contributed by atoms with E-state index in [-0.39, 0.29) is 12.7 Å². The number of aliphatic hydroxyl groups excluding tert-OH is 1. The van der Waals surface area contributed by atoms with Gasteiger partial charge >= 0.3 is 0 Å². The predicted octanol–water partition coefficient (Wildman–Crippen LogP) is -0.899. The van der Waals surface area contributed by atoms with Gasteiger partial charge in [0.1, 0.15) is 12.9 Å². The van der Waals surface area contributed by atoms with Gasteiger partial charge in [0, 0.05) is 13.1 Å². The number of likely N-dealkylation sites (N-methyl/N-ethyl adjacent to an activating group) is 1. The van der Waals surface area contributed by atoms with Crippen LogP contribution >= 0.6 is 0 Å². The highest BCUT2D eigenvalue weighted by Crippen LogP contribution is 2.07. The first kappa shape index (κ1) is 10.5. The zero-order chi connectivity index (χ0) is 10.7. The molecule has 0 bridgehead atoms. The number of nitrogens with zero attached hydrogens (tertiary/aromatic N) is 4. The number of hydrogen-bond donors (Lipinski definition) is 1. The second-order valence-corrected chi connectivity index (χ2v) is 3.81. The molecule has 15 heavy (non-hydrogen) atoms. The summed E-state index contributed by atoms with van der Waals surface area (Å²) >= 11 is 0. The van der Waals surface area contributed by atoms with Crippen LogP contribution in [-0.2, 0) is 17.9 Å². The fourth-order valence-corrected chi connectivity index (χ4v) is 1.75. The molecular weight excluding hydrogens is 196 g/mol. The molecule has 0 aliphatic carbocycles. The summed E-state index contributed by atoms with van der Waals surface area (Å²) in [5.41, 5.74) is 0. The Morgan fingerprint density at radius 2 is 2.53 bits per heavy atom. The molecule has 0 saturated carbocycles. The Kier molecular flexibility index (Phi) is 3.30. The monoisotopic (exact) mass is 212 g/mol. The number of aliphatic hydroxyl groups is 1. The number of morpholine rings is 1. The molecule has 1 saturated heterocycles. The molecule has 0 aromatic carbocycles. The van der Waals surface area contributed by atoms with E-state index in [0.29, 0.717) is 12.4 Å². The molecule has 1 aliphatic rings. The highest BCUT2D eigenvalue weighted by molar-refractivity contribution is 4.84. The number of aromatic nitrogens is 3. The summed E-state index contributed by atoms with van der Waals surface area (Å²) < 4.78 is 7.46. The van der Waals surface area contributed by atoms with Gasteiger partial charge in [0.05, 0.1) is 19.3 Å². The third-order valence-corrected chi connectivity index (χ3v) is 2.58. The zero-order valence-electron chi connectivity index (χ0n) is 8.83. The van der Waals surface area contributed by atoms with Gasteiger partial charge in [-0.2, -0.15) is 0 Å². The molecule has 84 valence electrons. The van der Waals surface area contributed by atoms with Crippen molar-refractivity contribution in [3.63, 3.8) is 0 Å². The lowest BCUT2D eigenvalue weighted by Crippen LogP contribution is -2.42. The van der Waals surface area contributed by atoms with E-state index in [1.807, 2.05) is 4.57 Å². The first-order valence-corrected chi connectivity index (χ1v) is 5.07. The van der Waals surface area contributed by atoms with E-state index in [2.05, 4.69) is 22.1 Å². The van der Waals surface area contributed by atoms with Crippen molar-refractivity contribution in [1.29, 1.82) is 0 Å². The summed E-state index contributed by atoms with van der Waals surface area (Å²) in [6.07, 6.45) is 1.79. The molecule has 2 heterocycles. The second-order valence-electron chi connectivity index (χ2n) is 3.81. The van der Waals surface area contributed by atoms with Crippen LogP contribution < -0.4 is 0 Å². The Labute approximate surface area is 88.5 Å². The fourth-order valence-electron chi connectivity index (χ4n) is 1.75. The standard InChI is InChI=1S/C9H16N4O2/c1-12-2-3-15-8(4-12)5-13-7-10-11-9(13)6-14/h7-8,14H,2-6H2,1H3. The van der Waals surface area contributed by atoms with Gasteiger partial charge in [-0.25, -0.2) is 0 Å². The first-order valence-electron chi connectivity index (χ1n) is 5.07. The van der Waals surface area contributed by atoms with Crippen LogP contribution in [0.4, 0.5) is 0 Å². The smallest absolute Gasteiger partial charge is 0.158 e. The van der Waals surface area contributed by atoms with Gasteiger partial charge in [-0.05, 0) is 7.05 Å². The van der Waals surface area contributed by atoms with Crippen molar-refractivity contribution >= 4 is 0 Å². The summed E-state index contributed by atoms with van der Waals surface area (Å²) in [6, 6.07) is 0. The highest BCUT2D eigenvalue weighted by atomic mass is 16.5. The predicted molar refractivity (Wildman–Crippen MR) is 53.2 cm³/mol. The molecule has 1 N–H and O–H groups in total. The molecule has 6 heteroatoms. The Morgan fingerprint density at radius 3 is 3.27 bits per heavy atom. The van der Waals surface area contributed by atoms with Crippen LogP contribution in [0.5, 0.6) is 0 Å². The van der Waals surface area contributed by atoms with Crippen LogP contribution in [0.3, 0.4) is 0 Å². The normalized spacial score (nSPS) is 23.2. The molecule has 1 unspecified atom stereocenters. The SMILES string of the molecule is CN1CCOC(Cn2cnnc2CO)C1. The van der Waals surface area contributed by atoms with Gasteiger partial charge in [0.25, 0.3) is 0 Å². The molecule has 1 aromatic heterocycles. The topological polar surface area (TPSA) is 63.4 Å². The quantitative estimate of drug-likeness (QED) is 0.703. The van der Waals surface area contributed by atoms with Crippen molar-refractivity contribution in [3.8, 4) is 0 Å². The highest BCUT2D eigenvalue weighted by Gasteiger charge is 2.19. The van der Waals surface area contributed by atoms with Crippen LogP contribution in [0.1, 0.15) is 5.82 Å². The minimum atomic E-state index is -0.0808. The molecule has 0 amide bonds. The largest absolute Gasteiger partial charge is 0.388 e. The van der Waals surface area contributed by atoms with Crippen molar-refractivity contribution in [3.05, 3.63) is 12.2 Å². The zero-order valence-corrected chi connectivity index (χ0v) is 8.83. The van der Waals surface area contributed by atoms with Crippen molar-refractivity contribution in [2.75, 3.05) is 26.7 Å². The Morgan fingerprint density at radius 1 is 1.67 bits per heavy atom. The second kappa shape index (κ2) is 4.69. The minimum Gasteiger partial charge on any atom is -0.388 e. The third kappa shape index (κ3) is 2.53. The van der Waals surface area contributed by atoms with Crippen LogP contribution in [0, 0.1) is 0 Å². The molecule has 0 radical (unpaired) electrons. The van der Waals surface area contributed by atoms with Crippen LogP contribution in [0.2, 0.25) is 0 Å². The van der Waals surface area contributed by atoms with Crippen molar-refractivity contribution in [2.24, 2.45) is 0 Å². The summed E-state index contributed by atoms with van der Waals surface area (Å²) in [7, 11) is 2.08. The maximum absolute atomic E-state index is 9.01. The molecule has 0 spiro atoms. The van der Waals surface area contributed by atoms with E-state index >= 15 is 0 Å². The molecular formula is C9H16N4O2. The van der Waals surface area contributed by atoms with Gasteiger partial charge in [-0.3, -0.25) is 0 Å². The van der Waals surface area contributed by atoms with Crippen LogP contribution in [0.25, 0.3) is 0 Å². The lowest BCUT2D eigenvalue weighted by molar-refractivity contribution is -0.0281. The third-order valence-electron chi connectivity index (χ3n) is 2.58. The van der Waals surface area contributed by atoms with E-state index < -0.39 is 0 Å². The number of hydrogen-bond acceptors (Lipinski definition) is 5. The minimum absolute atomic E-state index is 0.0808. The van der Waals surface area contributed by atoms with Crippen molar-refractivity contribution in [2.45, 2.75) is 19.3 Å². The van der Waals surface area contributed by atoms with Crippen LogP contribution in [-0.4, -0.2) is 57.6 Å². The number of ether oxygens (including phenoxy) is 1. The Bertz CT molecular complexity index is 315. The summed E-state index contributed by atoms with van der Waals surface area (Å²) in [5.74, 6) is 0.590. The first-order chi connectivity index (χ1) is 7.29. The Balaban J connectivity index is 1.96. The molecule has 6 nitrogen and oxygen atoms in total. The summed E-state index contributed by atoms with van der Waals surface area (Å²) in [5, 5.41) is 16.6. The van der Waals surface area contributed by atoms with Gasteiger partial charge in [-0.1, -0.05) is 0 Å². The van der Waals surface area contributed by atoms with Gasteiger partial charge < -0.3 is 19.3 Å². The summed E-state index contributed by atoms with van der Waals surface area (Å²) in [4.78, 5) is 2.23. The van der Waals surface area contributed by atoms with E-state index in [0.717, 1.165) is 19.7 Å². The van der Waals surface area contributed by atoms with E-state index in [4.69, 9.17) is 9.84 Å². The van der Waals surface area contributed by atoms with Crippen molar-refractivity contribution in [1.82, 2.24) is 19.7 Å². The van der Waals surface area contributed by atoms with Crippen LogP contribution in [0.15, 0.2) is 6.33 Å².